The first-order chi connectivity index (χ1) is 11.4. The van der Waals surface area contributed by atoms with Gasteiger partial charge in [0.1, 0.15) is 0 Å². The first-order valence-electron chi connectivity index (χ1n) is 7.71. The zero-order valence-corrected chi connectivity index (χ0v) is 13.1. The normalized spacial score (nSPS) is 14.4. The SMILES string of the molecule is N[C@@H](Cc1ccccc1)[C@H](O)CNCc1ccccc1C(F)(F)F. The maximum absolute atomic E-state index is 12.9. The van der Waals surface area contributed by atoms with Crippen molar-refractivity contribution in [2.24, 2.45) is 5.73 Å². The van der Waals surface area contributed by atoms with Crippen LogP contribution < -0.4 is 11.1 Å². The van der Waals surface area contributed by atoms with E-state index < -0.39 is 23.9 Å². The third-order valence-corrected chi connectivity index (χ3v) is 3.80. The molecule has 0 saturated carbocycles. The molecule has 2 rings (SSSR count). The highest BCUT2D eigenvalue weighted by Crippen LogP contribution is 2.31. The van der Waals surface area contributed by atoms with Crippen LogP contribution in [0.1, 0.15) is 16.7 Å². The van der Waals surface area contributed by atoms with E-state index in [4.69, 9.17) is 5.73 Å². The van der Waals surface area contributed by atoms with E-state index in [1.54, 1.807) is 6.07 Å². The molecule has 0 fully saturated rings. The first-order valence-corrected chi connectivity index (χ1v) is 7.71. The molecule has 0 spiro atoms. The smallest absolute Gasteiger partial charge is 0.390 e. The van der Waals surface area contributed by atoms with Crippen LogP contribution in [0.25, 0.3) is 0 Å². The van der Waals surface area contributed by atoms with Crippen molar-refractivity contribution in [3.8, 4) is 0 Å². The lowest BCUT2D eigenvalue weighted by molar-refractivity contribution is -0.138. The highest BCUT2D eigenvalue weighted by Gasteiger charge is 2.32. The van der Waals surface area contributed by atoms with Crippen LogP contribution in [0.2, 0.25) is 0 Å². The second-order valence-electron chi connectivity index (χ2n) is 5.71. The van der Waals surface area contributed by atoms with Crippen molar-refractivity contribution >= 4 is 0 Å². The maximum Gasteiger partial charge on any atom is 0.416 e. The largest absolute Gasteiger partial charge is 0.416 e. The van der Waals surface area contributed by atoms with Crippen LogP contribution in [0.15, 0.2) is 54.6 Å². The van der Waals surface area contributed by atoms with Gasteiger partial charge in [-0.05, 0) is 23.6 Å². The molecule has 0 aromatic heterocycles. The molecule has 2 atom stereocenters. The Balaban J connectivity index is 1.86. The van der Waals surface area contributed by atoms with Crippen molar-refractivity contribution in [1.82, 2.24) is 5.32 Å². The lowest BCUT2D eigenvalue weighted by atomic mass is 10.0. The van der Waals surface area contributed by atoms with Crippen LogP contribution in [0.4, 0.5) is 13.2 Å². The number of aliphatic hydroxyl groups excluding tert-OH is 1. The average Bonchev–Trinajstić information content (AvgIpc) is 2.55. The van der Waals surface area contributed by atoms with E-state index in [0.717, 1.165) is 11.6 Å². The van der Waals surface area contributed by atoms with Crippen LogP contribution in [-0.4, -0.2) is 23.8 Å². The van der Waals surface area contributed by atoms with Gasteiger partial charge in [0.05, 0.1) is 11.7 Å². The van der Waals surface area contributed by atoms with Crippen molar-refractivity contribution in [1.29, 1.82) is 0 Å². The number of hydrogen-bond donors (Lipinski definition) is 3. The van der Waals surface area contributed by atoms with Gasteiger partial charge < -0.3 is 16.2 Å². The standard InChI is InChI=1S/C18H21F3N2O/c19-18(20,21)15-9-5-4-8-14(15)11-23-12-17(24)16(22)10-13-6-2-1-3-7-13/h1-9,16-17,23-24H,10-12,22H2/t16-,17+/m0/s1. The van der Waals surface area contributed by atoms with Gasteiger partial charge in [-0.15, -0.1) is 0 Å². The summed E-state index contributed by atoms with van der Waals surface area (Å²) >= 11 is 0. The monoisotopic (exact) mass is 338 g/mol. The van der Waals surface area contributed by atoms with Gasteiger partial charge in [0, 0.05) is 19.1 Å². The van der Waals surface area contributed by atoms with E-state index in [-0.39, 0.29) is 18.7 Å². The van der Waals surface area contributed by atoms with Crippen molar-refractivity contribution in [3.05, 3.63) is 71.3 Å². The Kier molecular flexibility index (Phi) is 6.36. The summed E-state index contributed by atoms with van der Waals surface area (Å²) in [6, 6.07) is 14.4. The summed E-state index contributed by atoms with van der Waals surface area (Å²) in [5.41, 5.74) is 6.44. The molecule has 0 aliphatic carbocycles. The molecule has 2 aromatic carbocycles. The molecule has 3 nitrogen and oxygen atoms in total. The molecule has 0 heterocycles. The van der Waals surface area contributed by atoms with Gasteiger partial charge >= 0.3 is 6.18 Å². The summed E-state index contributed by atoms with van der Waals surface area (Å²) in [5.74, 6) is 0. The van der Waals surface area contributed by atoms with Crippen LogP contribution >= 0.6 is 0 Å². The number of alkyl halides is 3. The van der Waals surface area contributed by atoms with Crippen molar-refractivity contribution in [3.63, 3.8) is 0 Å². The summed E-state index contributed by atoms with van der Waals surface area (Å²) < 4.78 is 38.7. The Hall–Kier alpha value is -1.89. The molecule has 0 saturated heterocycles. The molecular formula is C18H21F3N2O. The molecule has 4 N–H and O–H groups in total. The molecule has 0 amide bonds. The van der Waals surface area contributed by atoms with Gasteiger partial charge in [-0.25, -0.2) is 0 Å². The van der Waals surface area contributed by atoms with Crippen LogP contribution in [-0.2, 0) is 19.1 Å². The molecule has 0 unspecified atom stereocenters. The second kappa shape index (κ2) is 8.28. The highest BCUT2D eigenvalue weighted by molar-refractivity contribution is 5.29. The Morgan fingerprint density at radius 2 is 1.62 bits per heavy atom. The minimum Gasteiger partial charge on any atom is -0.390 e. The minimum absolute atomic E-state index is 0.0187. The summed E-state index contributed by atoms with van der Waals surface area (Å²) in [6.07, 6.45) is -4.73. The number of nitrogens with one attached hydrogen (secondary N) is 1. The van der Waals surface area contributed by atoms with E-state index >= 15 is 0 Å². The predicted molar refractivity (Wildman–Crippen MR) is 87.3 cm³/mol. The molecule has 0 bridgehead atoms. The topological polar surface area (TPSA) is 58.3 Å². The van der Waals surface area contributed by atoms with Crippen LogP contribution in [0, 0.1) is 0 Å². The molecule has 0 aliphatic heterocycles. The number of rotatable bonds is 7. The minimum atomic E-state index is -4.39. The Labute approximate surface area is 139 Å². The lowest BCUT2D eigenvalue weighted by Crippen LogP contribution is -2.43. The van der Waals surface area contributed by atoms with Gasteiger partial charge in [-0.3, -0.25) is 0 Å². The number of halogens is 3. The summed E-state index contributed by atoms with van der Waals surface area (Å²) in [6.45, 7) is 0.144. The average molecular weight is 338 g/mol. The van der Waals surface area contributed by atoms with Gasteiger partial charge in [0.15, 0.2) is 0 Å². The lowest BCUT2D eigenvalue weighted by Gasteiger charge is -2.20. The summed E-state index contributed by atoms with van der Waals surface area (Å²) in [4.78, 5) is 0. The van der Waals surface area contributed by atoms with Crippen molar-refractivity contribution in [2.45, 2.75) is 31.3 Å². The third kappa shape index (κ3) is 5.33. The van der Waals surface area contributed by atoms with Crippen molar-refractivity contribution in [2.75, 3.05) is 6.54 Å². The summed E-state index contributed by atoms with van der Waals surface area (Å²) in [5, 5.41) is 12.9. The Morgan fingerprint density at radius 3 is 2.29 bits per heavy atom. The number of nitrogens with two attached hydrogens (primary N) is 1. The van der Waals surface area contributed by atoms with Crippen LogP contribution in [0.3, 0.4) is 0 Å². The van der Waals surface area contributed by atoms with E-state index in [9.17, 15) is 18.3 Å². The number of aliphatic hydroxyl groups is 1. The maximum atomic E-state index is 12.9. The Bertz CT molecular complexity index is 632. The van der Waals surface area contributed by atoms with Gasteiger partial charge in [0.25, 0.3) is 0 Å². The molecule has 6 heteroatoms. The van der Waals surface area contributed by atoms with Gasteiger partial charge in [-0.1, -0.05) is 48.5 Å². The number of hydrogen-bond acceptors (Lipinski definition) is 3. The van der Waals surface area contributed by atoms with E-state index in [1.165, 1.54) is 12.1 Å². The molecule has 0 radical (unpaired) electrons. The van der Waals surface area contributed by atoms with Crippen LogP contribution in [0.5, 0.6) is 0 Å². The van der Waals surface area contributed by atoms with Gasteiger partial charge in [-0.2, -0.15) is 13.2 Å². The van der Waals surface area contributed by atoms with Crippen molar-refractivity contribution < 1.29 is 18.3 Å². The molecule has 0 aliphatic rings. The highest BCUT2D eigenvalue weighted by atomic mass is 19.4. The third-order valence-electron chi connectivity index (χ3n) is 3.80. The van der Waals surface area contributed by atoms with E-state index in [2.05, 4.69) is 5.32 Å². The second-order valence-corrected chi connectivity index (χ2v) is 5.71. The predicted octanol–water partition coefficient (Wildman–Crippen LogP) is 2.73. The fourth-order valence-electron chi connectivity index (χ4n) is 2.48. The van der Waals surface area contributed by atoms with E-state index in [0.29, 0.717) is 6.42 Å². The Morgan fingerprint density at radius 1 is 1.00 bits per heavy atom. The number of benzene rings is 2. The molecule has 130 valence electrons. The first kappa shape index (κ1) is 18.4. The van der Waals surface area contributed by atoms with Gasteiger partial charge in [0.2, 0.25) is 0 Å². The van der Waals surface area contributed by atoms with E-state index in [1.807, 2.05) is 30.3 Å². The molecule has 24 heavy (non-hydrogen) atoms. The fourth-order valence-corrected chi connectivity index (χ4v) is 2.48. The zero-order valence-electron chi connectivity index (χ0n) is 13.1. The summed E-state index contributed by atoms with van der Waals surface area (Å²) in [7, 11) is 0. The fraction of sp³-hybridized carbons (Fsp3) is 0.333. The molecule has 2 aromatic rings. The molecular weight excluding hydrogens is 317 g/mol. The quantitative estimate of drug-likeness (QED) is 0.728. The zero-order chi connectivity index (χ0) is 17.6.